The third-order valence-electron chi connectivity index (χ3n) is 8.70. The molecule has 0 spiro atoms. The van der Waals surface area contributed by atoms with E-state index < -0.39 is 0 Å². The molecule has 0 amide bonds. The molecule has 0 aromatic carbocycles. The first kappa shape index (κ1) is 44.4. The van der Waals surface area contributed by atoms with Crippen molar-refractivity contribution in [3.8, 4) is 0 Å². The predicted molar refractivity (Wildman–Crippen MR) is 209 cm³/mol. The summed E-state index contributed by atoms with van der Waals surface area (Å²) in [7, 11) is 4.27. The van der Waals surface area contributed by atoms with Gasteiger partial charge < -0.3 is 9.74 Å². The van der Waals surface area contributed by atoms with Gasteiger partial charge in [0.05, 0.1) is 5.71 Å². The van der Waals surface area contributed by atoms with Gasteiger partial charge in [-0.1, -0.05) is 145 Å². The van der Waals surface area contributed by atoms with Crippen LogP contribution in [0, 0.1) is 0 Å². The summed E-state index contributed by atoms with van der Waals surface area (Å²) in [5.41, 5.74) is 1.14. The van der Waals surface area contributed by atoms with Crippen LogP contribution in [-0.4, -0.2) is 37.4 Å². The topological polar surface area (TPSA) is 24.8 Å². The Morgan fingerprint density at radius 1 is 0.522 bits per heavy atom. The molecule has 268 valence electrons. The molecule has 1 atom stereocenters. The molecular formula is C43H80N2O. The number of oxime groups is 1. The highest BCUT2D eigenvalue weighted by Gasteiger charge is 2.10. The van der Waals surface area contributed by atoms with E-state index in [0.29, 0.717) is 0 Å². The molecule has 0 radical (unpaired) electrons. The first-order valence-corrected chi connectivity index (χ1v) is 20.0. The second kappa shape index (κ2) is 37.8. The standard InChI is InChI=1S/C43H80N2O/c1-6-8-10-12-14-16-18-20-22-24-26-28-30-32-34-36-40-43(46-44-42(3)38-37-41-45(4)5)39-35-33-31-29-27-25-23-21-19-17-15-13-11-9-7-2/h13-16,19-22,43H,6-12,17-18,23-41H2,1-5H3/b15-13+,16-14-,21-19-,22-20-,44-42-. The SMILES string of the molecule is CCCC/C=C/C/C=C\CCCCCCCCC(CCCCCCCC/C=C\C/C=C\CCCCC)O/N=C(/C)CCCN(C)C. The number of nitrogens with zero attached hydrogens (tertiary/aromatic N) is 2. The van der Waals surface area contributed by atoms with E-state index in [0.717, 1.165) is 50.8 Å². The highest BCUT2D eigenvalue weighted by molar-refractivity contribution is 5.81. The lowest BCUT2D eigenvalue weighted by molar-refractivity contribution is 0.0424. The van der Waals surface area contributed by atoms with Crippen LogP contribution < -0.4 is 0 Å². The molecule has 0 aromatic heterocycles. The lowest BCUT2D eigenvalue weighted by Gasteiger charge is -2.16. The fourth-order valence-electron chi connectivity index (χ4n) is 5.64. The molecule has 0 aliphatic rings. The number of allylic oxidation sites excluding steroid dienone is 8. The molecule has 46 heavy (non-hydrogen) atoms. The van der Waals surface area contributed by atoms with E-state index in [1.165, 1.54) is 135 Å². The van der Waals surface area contributed by atoms with Crippen LogP contribution in [0.3, 0.4) is 0 Å². The number of hydrogen-bond donors (Lipinski definition) is 0. The minimum absolute atomic E-state index is 0.288. The van der Waals surface area contributed by atoms with Crippen LogP contribution in [0.4, 0.5) is 0 Å². The summed E-state index contributed by atoms with van der Waals surface area (Å²) < 4.78 is 0. The lowest BCUT2D eigenvalue weighted by Crippen LogP contribution is -2.14. The molecule has 3 nitrogen and oxygen atoms in total. The molecule has 0 N–H and O–H groups in total. The molecule has 3 heteroatoms. The third-order valence-corrected chi connectivity index (χ3v) is 8.70. The van der Waals surface area contributed by atoms with Crippen LogP contribution in [0.5, 0.6) is 0 Å². The second-order valence-corrected chi connectivity index (χ2v) is 13.9. The Bertz CT molecular complexity index is 748. The Labute approximate surface area is 289 Å². The van der Waals surface area contributed by atoms with Gasteiger partial charge in [-0.3, -0.25) is 0 Å². The van der Waals surface area contributed by atoms with Gasteiger partial charge in [-0.2, -0.15) is 0 Å². The quantitative estimate of drug-likeness (QED) is 0.0298. The molecule has 0 aliphatic carbocycles. The van der Waals surface area contributed by atoms with Gasteiger partial charge in [0.15, 0.2) is 0 Å². The van der Waals surface area contributed by atoms with E-state index in [4.69, 9.17) is 4.84 Å². The fraction of sp³-hybridized carbons (Fsp3) is 0.791. The molecule has 0 bridgehead atoms. The Morgan fingerprint density at radius 3 is 1.39 bits per heavy atom. The van der Waals surface area contributed by atoms with Gasteiger partial charge in [-0.25, -0.2) is 0 Å². The molecule has 0 saturated carbocycles. The van der Waals surface area contributed by atoms with Crippen molar-refractivity contribution in [2.75, 3.05) is 20.6 Å². The van der Waals surface area contributed by atoms with Gasteiger partial charge in [0.25, 0.3) is 0 Å². The Balaban J connectivity index is 4.10. The molecule has 0 saturated heterocycles. The van der Waals surface area contributed by atoms with Crippen LogP contribution >= 0.6 is 0 Å². The van der Waals surface area contributed by atoms with Crippen molar-refractivity contribution in [2.24, 2.45) is 5.16 Å². The largest absolute Gasteiger partial charge is 0.393 e. The van der Waals surface area contributed by atoms with Gasteiger partial charge in [0.1, 0.15) is 6.10 Å². The summed E-state index contributed by atoms with van der Waals surface area (Å²) in [5, 5.41) is 4.58. The molecule has 0 aliphatic heterocycles. The fourth-order valence-corrected chi connectivity index (χ4v) is 5.64. The average Bonchev–Trinajstić information content (AvgIpc) is 3.04. The van der Waals surface area contributed by atoms with E-state index in [2.05, 4.69) is 93.5 Å². The Morgan fingerprint density at radius 2 is 0.935 bits per heavy atom. The smallest absolute Gasteiger partial charge is 0.127 e. The summed E-state index contributed by atoms with van der Waals surface area (Å²) >= 11 is 0. The third kappa shape index (κ3) is 36.9. The van der Waals surface area contributed by atoms with Crippen molar-refractivity contribution in [3.63, 3.8) is 0 Å². The van der Waals surface area contributed by atoms with Gasteiger partial charge >= 0.3 is 0 Å². The molecule has 0 fully saturated rings. The van der Waals surface area contributed by atoms with E-state index in [-0.39, 0.29) is 6.10 Å². The Hall–Kier alpha value is -1.61. The van der Waals surface area contributed by atoms with E-state index in [1.807, 2.05) is 0 Å². The summed E-state index contributed by atoms with van der Waals surface area (Å²) in [6, 6.07) is 0. The average molecular weight is 641 g/mol. The summed E-state index contributed by atoms with van der Waals surface area (Å²) in [5.74, 6) is 0. The first-order chi connectivity index (χ1) is 22.6. The van der Waals surface area contributed by atoms with Gasteiger partial charge in [-0.05, 0) is 124 Å². The normalized spacial score (nSPS) is 13.5. The number of unbranched alkanes of at least 4 members (excludes halogenated alkanes) is 17. The van der Waals surface area contributed by atoms with Crippen molar-refractivity contribution in [3.05, 3.63) is 48.6 Å². The van der Waals surface area contributed by atoms with Crippen LogP contribution in [0.25, 0.3) is 0 Å². The highest BCUT2D eigenvalue weighted by Crippen LogP contribution is 2.18. The van der Waals surface area contributed by atoms with E-state index in [1.54, 1.807) is 0 Å². The molecule has 1 unspecified atom stereocenters. The van der Waals surface area contributed by atoms with Crippen LogP contribution in [0.15, 0.2) is 53.8 Å². The molecular weight excluding hydrogens is 560 g/mol. The van der Waals surface area contributed by atoms with Crippen LogP contribution in [0.2, 0.25) is 0 Å². The van der Waals surface area contributed by atoms with E-state index >= 15 is 0 Å². The molecule has 0 heterocycles. The minimum atomic E-state index is 0.288. The zero-order chi connectivity index (χ0) is 33.6. The van der Waals surface area contributed by atoms with Crippen molar-refractivity contribution < 1.29 is 4.84 Å². The maximum atomic E-state index is 6.15. The van der Waals surface area contributed by atoms with Crippen molar-refractivity contribution in [1.82, 2.24) is 4.90 Å². The summed E-state index contributed by atoms with van der Waals surface area (Å²) in [4.78, 5) is 8.40. The van der Waals surface area contributed by atoms with Gasteiger partial charge in [0, 0.05) is 0 Å². The maximum absolute atomic E-state index is 6.15. The summed E-state index contributed by atoms with van der Waals surface area (Å²) in [6.45, 7) is 7.76. The number of hydrogen-bond acceptors (Lipinski definition) is 3. The van der Waals surface area contributed by atoms with Gasteiger partial charge in [-0.15, -0.1) is 0 Å². The predicted octanol–water partition coefficient (Wildman–Crippen LogP) is 14.1. The highest BCUT2D eigenvalue weighted by atomic mass is 16.6. The van der Waals surface area contributed by atoms with Crippen LogP contribution in [0.1, 0.15) is 194 Å². The van der Waals surface area contributed by atoms with Crippen molar-refractivity contribution in [2.45, 2.75) is 200 Å². The molecule has 0 aromatic rings. The minimum Gasteiger partial charge on any atom is -0.393 e. The lowest BCUT2D eigenvalue weighted by atomic mass is 10.0. The zero-order valence-corrected chi connectivity index (χ0v) is 31.8. The van der Waals surface area contributed by atoms with Gasteiger partial charge in [0.2, 0.25) is 0 Å². The second-order valence-electron chi connectivity index (χ2n) is 13.9. The number of rotatable bonds is 35. The van der Waals surface area contributed by atoms with E-state index in [9.17, 15) is 0 Å². The first-order valence-electron chi connectivity index (χ1n) is 20.0. The van der Waals surface area contributed by atoms with Crippen LogP contribution in [-0.2, 0) is 4.84 Å². The van der Waals surface area contributed by atoms with Crippen molar-refractivity contribution in [1.29, 1.82) is 0 Å². The monoisotopic (exact) mass is 641 g/mol. The Kier molecular flexibility index (Phi) is 36.5. The summed E-state index contributed by atoms with van der Waals surface area (Å²) in [6.07, 6.45) is 53.3. The molecule has 0 rings (SSSR count). The zero-order valence-electron chi connectivity index (χ0n) is 31.8. The van der Waals surface area contributed by atoms with Crippen molar-refractivity contribution >= 4 is 5.71 Å². The maximum Gasteiger partial charge on any atom is 0.127 e.